The highest BCUT2D eigenvalue weighted by Gasteiger charge is 2.37. The molecule has 0 aromatic heterocycles. The van der Waals surface area contributed by atoms with Gasteiger partial charge >= 0.3 is 5.97 Å². The standard InChI is InChI=1S/C27H23N3O6/c1-35-27(34)18-5-3-2-4-17(18)25-19-8-6-15(28)12-22(19)36-23-13-16(7-9-20(23)25)29-21-14-24(32)30(10-11-31)26(21)33/h2-9,12-13,21,31H,10-11,14,28H2,1H3. The number of rotatable bonds is 5. The average molecular weight is 485 g/mol. The van der Waals surface area contributed by atoms with Crippen molar-refractivity contribution in [2.75, 3.05) is 26.0 Å². The van der Waals surface area contributed by atoms with E-state index in [-0.39, 0.29) is 25.5 Å². The lowest BCUT2D eigenvalue weighted by molar-refractivity contribution is -0.139. The molecule has 2 amide bonds. The number of β-amino-alcohol motifs (C(OH)–C–C–N with tert-alkyl or cyclic N) is 1. The molecule has 3 N–H and O–H groups in total. The molecule has 2 aromatic carbocycles. The summed E-state index contributed by atoms with van der Waals surface area (Å²) in [6.45, 7) is -0.349. The molecule has 1 atom stereocenters. The van der Waals surface area contributed by atoms with Gasteiger partial charge in [0.15, 0.2) is 0 Å². The molecule has 36 heavy (non-hydrogen) atoms. The predicted molar refractivity (Wildman–Crippen MR) is 132 cm³/mol. The molecule has 1 aliphatic carbocycles. The first-order valence-corrected chi connectivity index (χ1v) is 11.3. The number of aliphatic hydroxyl groups excluding tert-OH is 1. The van der Waals surface area contributed by atoms with E-state index in [1.807, 2.05) is 24.3 Å². The average Bonchev–Trinajstić information content (AvgIpc) is 3.14. The Morgan fingerprint density at radius 3 is 2.72 bits per heavy atom. The zero-order valence-corrected chi connectivity index (χ0v) is 19.4. The Balaban J connectivity index is 1.72. The van der Waals surface area contributed by atoms with Gasteiger partial charge in [0, 0.05) is 34.3 Å². The third-order valence-electron chi connectivity index (χ3n) is 6.18. The van der Waals surface area contributed by atoms with Crippen LogP contribution in [0, 0.1) is 0 Å². The van der Waals surface area contributed by atoms with Crippen LogP contribution >= 0.6 is 0 Å². The highest BCUT2D eigenvalue weighted by atomic mass is 16.5. The molecular weight excluding hydrogens is 462 g/mol. The van der Waals surface area contributed by atoms with Crippen LogP contribution in [-0.2, 0) is 14.3 Å². The van der Waals surface area contributed by atoms with Crippen molar-refractivity contribution in [1.82, 2.24) is 4.90 Å². The van der Waals surface area contributed by atoms with Gasteiger partial charge < -0.3 is 20.0 Å². The minimum Gasteiger partial charge on any atom is -0.465 e. The van der Waals surface area contributed by atoms with Gasteiger partial charge in [-0.25, -0.2) is 4.79 Å². The number of esters is 1. The summed E-state index contributed by atoms with van der Waals surface area (Å²) in [4.78, 5) is 42.8. The maximum absolute atomic E-state index is 12.6. The fourth-order valence-electron chi connectivity index (χ4n) is 4.54. The number of amides is 2. The first-order valence-electron chi connectivity index (χ1n) is 11.3. The van der Waals surface area contributed by atoms with Gasteiger partial charge in [0.1, 0.15) is 17.4 Å². The monoisotopic (exact) mass is 485 g/mol. The Morgan fingerprint density at radius 1 is 1.14 bits per heavy atom. The van der Waals surface area contributed by atoms with Crippen molar-refractivity contribution in [2.45, 2.75) is 12.5 Å². The number of ether oxygens (including phenoxy) is 1. The number of benzene rings is 3. The summed E-state index contributed by atoms with van der Waals surface area (Å²) in [5.74, 6) is -0.805. The van der Waals surface area contributed by atoms with Gasteiger partial charge in [0.2, 0.25) is 5.91 Å². The molecule has 1 unspecified atom stereocenters. The molecule has 5 rings (SSSR count). The van der Waals surface area contributed by atoms with Gasteiger partial charge in [-0.2, -0.15) is 0 Å². The maximum Gasteiger partial charge on any atom is 0.338 e. The van der Waals surface area contributed by atoms with E-state index < -0.39 is 17.9 Å². The minimum atomic E-state index is -0.864. The van der Waals surface area contributed by atoms with E-state index in [9.17, 15) is 14.4 Å². The van der Waals surface area contributed by atoms with Gasteiger partial charge in [-0.1, -0.05) is 18.2 Å². The molecule has 0 bridgehead atoms. The number of nitrogens with zero attached hydrogens (tertiary/aromatic N) is 2. The molecule has 1 fully saturated rings. The molecule has 9 nitrogen and oxygen atoms in total. The van der Waals surface area contributed by atoms with Crippen molar-refractivity contribution in [3.05, 3.63) is 71.6 Å². The lowest BCUT2D eigenvalue weighted by atomic mass is 9.90. The zero-order valence-electron chi connectivity index (χ0n) is 19.4. The highest BCUT2D eigenvalue weighted by Crippen LogP contribution is 2.41. The second-order valence-corrected chi connectivity index (χ2v) is 8.41. The molecule has 9 heteroatoms. The molecule has 2 aromatic rings. The van der Waals surface area contributed by atoms with Crippen LogP contribution in [0.3, 0.4) is 0 Å². The van der Waals surface area contributed by atoms with E-state index in [2.05, 4.69) is 4.99 Å². The number of carbonyl (C=O) groups excluding carboxylic acids is 3. The molecule has 182 valence electrons. The zero-order chi connectivity index (χ0) is 25.4. The Labute approximate surface area is 205 Å². The van der Waals surface area contributed by atoms with Crippen molar-refractivity contribution >= 4 is 34.4 Å². The second kappa shape index (κ2) is 9.27. The number of nitrogens with two attached hydrogens (primary N) is 1. The van der Waals surface area contributed by atoms with Crippen LogP contribution in [0.25, 0.3) is 33.4 Å². The van der Waals surface area contributed by atoms with Gasteiger partial charge in [0.25, 0.3) is 5.91 Å². The van der Waals surface area contributed by atoms with Crippen molar-refractivity contribution in [2.24, 2.45) is 4.99 Å². The Kier molecular flexibility index (Phi) is 5.99. The smallest absolute Gasteiger partial charge is 0.338 e. The summed E-state index contributed by atoms with van der Waals surface area (Å²) in [5.41, 5.74) is 9.59. The number of hydrogen-bond acceptors (Lipinski definition) is 8. The summed E-state index contributed by atoms with van der Waals surface area (Å²) in [6, 6.07) is 16.8. The number of carbonyl (C=O) groups is 3. The van der Waals surface area contributed by atoms with Crippen LogP contribution in [0.1, 0.15) is 16.8 Å². The number of likely N-dealkylation sites (tertiary alicyclic amines) is 1. The number of hydrogen-bond donors (Lipinski definition) is 2. The Hall–Kier alpha value is -4.50. The highest BCUT2D eigenvalue weighted by molar-refractivity contribution is 6.08. The summed E-state index contributed by atoms with van der Waals surface area (Å²) in [6.07, 6.45) is -0.0555. The third-order valence-corrected chi connectivity index (χ3v) is 6.18. The van der Waals surface area contributed by atoms with Crippen LogP contribution in [0.15, 0.2) is 70.1 Å². The predicted octanol–water partition coefficient (Wildman–Crippen LogP) is 2.59. The number of aliphatic hydroxyl groups is 1. The first kappa shape index (κ1) is 23.3. The number of nitrogen functional groups attached to an aromatic ring is 1. The van der Waals surface area contributed by atoms with Gasteiger partial charge in [0.05, 0.1) is 37.6 Å². The number of imide groups is 1. The fourth-order valence-corrected chi connectivity index (χ4v) is 4.54. The molecule has 0 saturated carbocycles. The molecule has 2 heterocycles. The van der Waals surface area contributed by atoms with Gasteiger partial charge in [-0.15, -0.1) is 0 Å². The second-order valence-electron chi connectivity index (χ2n) is 8.41. The Morgan fingerprint density at radius 2 is 1.94 bits per heavy atom. The summed E-state index contributed by atoms with van der Waals surface area (Å²) < 4.78 is 11.2. The van der Waals surface area contributed by atoms with Crippen molar-refractivity contribution in [1.29, 1.82) is 0 Å². The third kappa shape index (κ3) is 3.99. The minimum absolute atomic E-state index is 0.0485. The number of anilines is 1. The van der Waals surface area contributed by atoms with E-state index >= 15 is 0 Å². The van der Waals surface area contributed by atoms with Crippen LogP contribution in [0.5, 0.6) is 0 Å². The Bertz CT molecular complexity index is 1560. The van der Waals surface area contributed by atoms with Crippen LogP contribution < -0.4 is 11.1 Å². The van der Waals surface area contributed by atoms with Crippen LogP contribution in [0.4, 0.5) is 5.69 Å². The number of fused-ring (bicyclic) bond motifs is 2. The van der Waals surface area contributed by atoms with E-state index in [0.717, 1.165) is 21.4 Å². The molecule has 0 spiro atoms. The fraction of sp³-hybridized carbons (Fsp3) is 0.185. The van der Waals surface area contributed by atoms with Crippen molar-refractivity contribution in [3.8, 4) is 22.5 Å². The van der Waals surface area contributed by atoms with E-state index in [1.165, 1.54) is 7.11 Å². The molecule has 1 saturated heterocycles. The molecule has 0 radical (unpaired) electrons. The van der Waals surface area contributed by atoms with Crippen LogP contribution in [0.2, 0.25) is 0 Å². The maximum atomic E-state index is 12.6. The molecule has 3 aliphatic rings. The summed E-state index contributed by atoms with van der Waals surface area (Å²) in [7, 11) is 1.33. The van der Waals surface area contributed by atoms with Crippen molar-refractivity contribution in [3.63, 3.8) is 0 Å². The molecule has 2 aliphatic heterocycles. The topological polar surface area (TPSA) is 135 Å². The van der Waals surface area contributed by atoms with E-state index in [1.54, 1.807) is 36.4 Å². The first-order chi connectivity index (χ1) is 17.4. The van der Waals surface area contributed by atoms with Crippen LogP contribution in [-0.4, -0.2) is 54.1 Å². The molecular formula is C27H23N3O6. The number of methoxy groups -OCH3 is 1. The normalized spacial score (nSPS) is 16.3. The largest absolute Gasteiger partial charge is 0.465 e. The summed E-state index contributed by atoms with van der Waals surface area (Å²) in [5, 5.41) is 10.3. The van der Waals surface area contributed by atoms with Gasteiger partial charge in [-0.3, -0.25) is 19.5 Å². The van der Waals surface area contributed by atoms with Crippen molar-refractivity contribution < 1.29 is 28.6 Å². The van der Waals surface area contributed by atoms with E-state index in [0.29, 0.717) is 33.5 Å². The quantitative estimate of drug-likeness (QED) is 0.192. The SMILES string of the molecule is COC(=O)c1ccccc1-c1c2ccc(=NC3CC(=O)N(CCO)C3=O)cc-2oc2cc(N)ccc12. The lowest BCUT2D eigenvalue weighted by Gasteiger charge is -2.17. The summed E-state index contributed by atoms with van der Waals surface area (Å²) >= 11 is 0. The van der Waals surface area contributed by atoms with E-state index in [4.69, 9.17) is 20.0 Å². The van der Waals surface area contributed by atoms with Gasteiger partial charge in [-0.05, 0) is 35.9 Å². The lowest BCUT2D eigenvalue weighted by Crippen LogP contribution is -2.34.